The summed E-state index contributed by atoms with van der Waals surface area (Å²) in [6, 6.07) is 0. The van der Waals surface area contributed by atoms with Crippen molar-refractivity contribution in [2.45, 2.75) is 47.0 Å². The second kappa shape index (κ2) is 7.90. The van der Waals surface area contributed by atoms with E-state index in [1.807, 2.05) is 13.1 Å². The first-order valence-corrected chi connectivity index (χ1v) is 6.94. The third kappa shape index (κ3) is 5.34. The van der Waals surface area contributed by atoms with Gasteiger partial charge >= 0.3 is 0 Å². The van der Waals surface area contributed by atoms with Crippen LogP contribution in [0.5, 0.6) is 0 Å². The molecule has 4 heteroatoms. The fraction of sp³-hybridized carbons (Fsp3) is 0.714. The van der Waals surface area contributed by atoms with Gasteiger partial charge in [0.2, 0.25) is 5.95 Å². The van der Waals surface area contributed by atoms with Gasteiger partial charge in [0.25, 0.3) is 0 Å². The molecule has 1 heterocycles. The van der Waals surface area contributed by atoms with Gasteiger partial charge < -0.3 is 10.6 Å². The van der Waals surface area contributed by atoms with Crippen LogP contribution in [0.1, 0.15) is 45.6 Å². The lowest BCUT2D eigenvalue weighted by Gasteiger charge is -2.11. The zero-order valence-corrected chi connectivity index (χ0v) is 12.1. The molecule has 0 aromatic carbocycles. The average Bonchev–Trinajstić information content (AvgIpc) is 2.34. The number of nitrogens with one attached hydrogen (secondary N) is 2. The molecule has 0 saturated carbocycles. The third-order valence-electron chi connectivity index (χ3n) is 2.76. The van der Waals surface area contributed by atoms with Gasteiger partial charge in [0.05, 0.1) is 0 Å². The Labute approximate surface area is 111 Å². The van der Waals surface area contributed by atoms with Crippen molar-refractivity contribution < 1.29 is 0 Å². The fourth-order valence-electron chi connectivity index (χ4n) is 1.66. The van der Waals surface area contributed by atoms with Gasteiger partial charge in [0.15, 0.2) is 0 Å². The average molecular weight is 250 g/mol. The Kier molecular flexibility index (Phi) is 6.47. The molecular formula is C14H26N4. The van der Waals surface area contributed by atoms with Crippen molar-refractivity contribution in [1.29, 1.82) is 0 Å². The maximum atomic E-state index is 4.49. The lowest BCUT2D eigenvalue weighted by atomic mass is 10.1. The second-order valence-corrected chi connectivity index (χ2v) is 5.11. The van der Waals surface area contributed by atoms with Crippen LogP contribution < -0.4 is 10.6 Å². The maximum absolute atomic E-state index is 4.49. The Bertz CT molecular complexity index is 350. The Morgan fingerprint density at radius 3 is 2.67 bits per heavy atom. The molecule has 4 nitrogen and oxygen atoms in total. The van der Waals surface area contributed by atoms with Crippen LogP contribution in [0.3, 0.4) is 0 Å². The summed E-state index contributed by atoms with van der Waals surface area (Å²) in [5.74, 6) is 2.43. The van der Waals surface area contributed by atoms with E-state index in [1.54, 1.807) is 0 Å². The largest absolute Gasteiger partial charge is 0.370 e. The van der Waals surface area contributed by atoms with Crippen molar-refractivity contribution in [3.05, 3.63) is 11.8 Å². The Morgan fingerprint density at radius 2 is 2.00 bits per heavy atom. The molecule has 18 heavy (non-hydrogen) atoms. The second-order valence-electron chi connectivity index (χ2n) is 5.11. The normalized spacial score (nSPS) is 10.7. The summed E-state index contributed by atoms with van der Waals surface area (Å²) < 4.78 is 0. The Morgan fingerprint density at radius 1 is 1.22 bits per heavy atom. The first-order chi connectivity index (χ1) is 8.63. The van der Waals surface area contributed by atoms with Crippen molar-refractivity contribution in [3.63, 3.8) is 0 Å². The van der Waals surface area contributed by atoms with E-state index in [2.05, 4.69) is 41.4 Å². The van der Waals surface area contributed by atoms with Crippen LogP contribution in [-0.4, -0.2) is 23.1 Å². The van der Waals surface area contributed by atoms with Gasteiger partial charge in [0.1, 0.15) is 5.82 Å². The minimum absolute atomic E-state index is 0.716. The number of aryl methyl sites for hydroxylation is 1. The summed E-state index contributed by atoms with van der Waals surface area (Å²) >= 11 is 0. The quantitative estimate of drug-likeness (QED) is 0.694. The lowest BCUT2D eigenvalue weighted by molar-refractivity contribution is 0.566. The van der Waals surface area contributed by atoms with Gasteiger partial charge in [-0.3, -0.25) is 0 Å². The zero-order valence-electron chi connectivity index (χ0n) is 12.1. The molecule has 0 bridgehead atoms. The summed E-state index contributed by atoms with van der Waals surface area (Å²) in [5, 5.41) is 6.60. The number of hydrogen-bond acceptors (Lipinski definition) is 4. The first kappa shape index (κ1) is 14.7. The van der Waals surface area contributed by atoms with E-state index in [0.29, 0.717) is 5.95 Å². The van der Waals surface area contributed by atoms with Gasteiger partial charge in [-0.15, -0.1) is 0 Å². The van der Waals surface area contributed by atoms with Crippen molar-refractivity contribution in [1.82, 2.24) is 9.97 Å². The van der Waals surface area contributed by atoms with Crippen LogP contribution >= 0.6 is 0 Å². The summed E-state index contributed by atoms with van der Waals surface area (Å²) in [4.78, 5) is 8.76. The molecule has 0 radical (unpaired) electrons. The monoisotopic (exact) mass is 250 g/mol. The minimum Gasteiger partial charge on any atom is -0.370 e. The highest BCUT2D eigenvalue weighted by Gasteiger charge is 2.03. The molecule has 1 rings (SSSR count). The Balaban J connectivity index is 2.47. The highest BCUT2D eigenvalue weighted by atomic mass is 15.1. The molecular weight excluding hydrogens is 224 g/mol. The van der Waals surface area contributed by atoms with Crippen molar-refractivity contribution in [2.75, 3.05) is 23.7 Å². The topological polar surface area (TPSA) is 49.8 Å². The summed E-state index contributed by atoms with van der Waals surface area (Å²) in [6.07, 6.45) is 5.38. The summed E-state index contributed by atoms with van der Waals surface area (Å²) in [5.41, 5.74) is 1.10. The van der Waals surface area contributed by atoms with E-state index in [9.17, 15) is 0 Å². The van der Waals surface area contributed by atoms with Crippen LogP contribution in [0.25, 0.3) is 0 Å². The first-order valence-electron chi connectivity index (χ1n) is 6.94. The molecule has 0 saturated heterocycles. The molecule has 1 aromatic heterocycles. The molecule has 0 spiro atoms. The molecule has 2 N–H and O–H groups in total. The van der Waals surface area contributed by atoms with Crippen LogP contribution in [0, 0.1) is 12.8 Å². The SMILES string of the molecule is CCCNc1ncc(C)c(NCCCC(C)C)n1. The third-order valence-corrected chi connectivity index (χ3v) is 2.76. The van der Waals surface area contributed by atoms with E-state index in [4.69, 9.17) is 0 Å². The molecule has 102 valence electrons. The number of anilines is 2. The predicted molar refractivity (Wildman–Crippen MR) is 78.1 cm³/mol. The van der Waals surface area contributed by atoms with Gasteiger partial charge in [-0.1, -0.05) is 20.8 Å². The maximum Gasteiger partial charge on any atom is 0.224 e. The lowest BCUT2D eigenvalue weighted by Crippen LogP contribution is -2.10. The van der Waals surface area contributed by atoms with Gasteiger partial charge in [0, 0.05) is 24.8 Å². The van der Waals surface area contributed by atoms with Crippen molar-refractivity contribution >= 4 is 11.8 Å². The van der Waals surface area contributed by atoms with Crippen LogP contribution in [0.15, 0.2) is 6.20 Å². The van der Waals surface area contributed by atoms with Crippen LogP contribution in [0.4, 0.5) is 11.8 Å². The molecule has 1 aromatic rings. The smallest absolute Gasteiger partial charge is 0.224 e. The number of hydrogen-bond donors (Lipinski definition) is 2. The fourth-order valence-corrected chi connectivity index (χ4v) is 1.66. The number of nitrogens with zero attached hydrogens (tertiary/aromatic N) is 2. The Hall–Kier alpha value is -1.32. The van der Waals surface area contributed by atoms with Crippen LogP contribution in [-0.2, 0) is 0 Å². The molecule has 0 fully saturated rings. The van der Waals surface area contributed by atoms with Crippen LogP contribution in [0.2, 0.25) is 0 Å². The molecule has 0 aliphatic carbocycles. The number of aromatic nitrogens is 2. The predicted octanol–water partition coefficient (Wildman–Crippen LogP) is 3.46. The molecule has 0 aliphatic heterocycles. The van der Waals surface area contributed by atoms with E-state index in [-0.39, 0.29) is 0 Å². The molecule has 0 unspecified atom stereocenters. The van der Waals surface area contributed by atoms with Gasteiger partial charge in [-0.25, -0.2) is 4.98 Å². The summed E-state index contributed by atoms with van der Waals surface area (Å²) in [6.45, 7) is 10.6. The van der Waals surface area contributed by atoms with Crippen molar-refractivity contribution in [2.24, 2.45) is 5.92 Å². The van der Waals surface area contributed by atoms with E-state index in [0.717, 1.165) is 36.8 Å². The molecule has 0 atom stereocenters. The van der Waals surface area contributed by atoms with Gasteiger partial charge in [-0.05, 0) is 32.1 Å². The highest BCUT2D eigenvalue weighted by Crippen LogP contribution is 2.13. The standard InChI is InChI=1S/C14H26N4/c1-5-8-16-14-17-10-12(4)13(18-14)15-9-6-7-11(2)3/h10-11H,5-9H2,1-4H3,(H2,15,16,17,18). The minimum atomic E-state index is 0.716. The van der Waals surface area contributed by atoms with E-state index >= 15 is 0 Å². The highest BCUT2D eigenvalue weighted by molar-refractivity contribution is 5.46. The van der Waals surface area contributed by atoms with Gasteiger partial charge in [-0.2, -0.15) is 4.98 Å². The summed E-state index contributed by atoms with van der Waals surface area (Å²) in [7, 11) is 0. The molecule has 0 aliphatic rings. The van der Waals surface area contributed by atoms with Crippen molar-refractivity contribution in [3.8, 4) is 0 Å². The van der Waals surface area contributed by atoms with E-state index < -0.39 is 0 Å². The molecule has 0 amide bonds. The number of rotatable bonds is 8. The van der Waals surface area contributed by atoms with E-state index in [1.165, 1.54) is 12.8 Å². The zero-order chi connectivity index (χ0) is 13.4.